The van der Waals surface area contributed by atoms with Gasteiger partial charge in [-0.3, -0.25) is 4.79 Å². The number of halogens is 4. The molecule has 3 aromatic rings. The highest BCUT2D eigenvalue weighted by atomic mass is 19.4. The van der Waals surface area contributed by atoms with Crippen molar-refractivity contribution < 1.29 is 32.2 Å². The van der Waals surface area contributed by atoms with Gasteiger partial charge in [0, 0.05) is 0 Å². The van der Waals surface area contributed by atoms with E-state index < -0.39 is 17.7 Å². The van der Waals surface area contributed by atoms with E-state index in [2.05, 4.69) is 0 Å². The zero-order valence-electron chi connectivity index (χ0n) is 15.0. The normalized spacial score (nSPS) is 11.3. The minimum Gasteiger partial charge on any atom is -0.489 e. The quantitative estimate of drug-likeness (QED) is 0.535. The maximum Gasteiger partial charge on any atom is 0.416 e. The Morgan fingerprint density at radius 3 is 2.10 bits per heavy atom. The van der Waals surface area contributed by atoms with Crippen LogP contribution >= 0.6 is 0 Å². The molecule has 0 atom stereocenters. The van der Waals surface area contributed by atoms with Crippen molar-refractivity contribution in [2.75, 3.05) is 0 Å². The lowest BCUT2D eigenvalue weighted by atomic mass is 10.00. The smallest absolute Gasteiger partial charge is 0.416 e. The summed E-state index contributed by atoms with van der Waals surface area (Å²) in [4.78, 5) is 11.1. The summed E-state index contributed by atoms with van der Waals surface area (Å²) in [7, 11) is 0. The van der Waals surface area contributed by atoms with Crippen molar-refractivity contribution in [1.29, 1.82) is 0 Å². The average molecular weight is 404 g/mol. The van der Waals surface area contributed by atoms with Gasteiger partial charge in [-0.05, 0) is 58.7 Å². The lowest BCUT2D eigenvalue weighted by Gasteiger charge is -2.12. The molecule has 0 unspecified atom stereocenters. The van der Waals surface area contributed by atoms with Crippen molar-refractivity contribution in [3.8, 4) is 16.9 Å². The number of alkyl halides is 3. The Labute approximate surface area is 164 Å². The monoisotopic (exact) mass is 404 g/mol. The first-order chi connectivity index (χ1) is 13.7. The highest BCUT2D eigenvalue weighted by Crippen LogP contribution is 2.32. The molecule has 7 heteroatoms. The third kappa shape index (κ3) is 5.57. The van der Waals surface area contributed by atoms with E-state index in [-0.39, 0.29) is 18.8 Å². The van der Waals surface area contributed by atoms with Crippen molar-refractivity contribution in [2.45, 2.75) is 19.2 Å². The zero-order chi connectivity index (χ0) is 21.0. The Hall–Kier alpha value is -3.35. The number of aliphatic carboxylic acids is 1. The van der Waals surface area contributed by atoms with Gasteiger partial charge in [0.2, 0.25) is 0 Å². The lowest BCUT2D eigenvalue weighted by Crippen LogP contribution is -2.04. The zero-order valence-corrected chi connectivity index (χ0v) is 15.0. The van der Waals surface area contributed by atoms with E-state index in [1.807, 2.05) is 0 Å². The van der Waals surface area contributed by atoms with Crippen LogP contribution in [-0.2, 0) is 24.0 Å². The van der Waals surface area contributed by atoms with Gasteiger partial charge in [-0.15, -0.1) is 0 Å². The summed E-state index contributed by atoms with van der Waals surface area (Å²) in [5.41, 5.74) is 1.43. The Bertz CT molecular complexity index is 994. The Morgan fingerprint density at radius 1 is 0.862 bits per heavy atom. The van der Waals surface area contributed by atoms with Gasteiger partial charge in [0.1, 0.15) is 18.2 Å². The van der Waals surface area contributed by atoms with E-state index in [0.717, 1.165) is 12.1 Å². The van der Waals surface area contributed by atoms with Gasteiger partial charge in [-0.2, -0.15) is 13.2 Å². The molecule has 0 amide bonds. The number of carbonyl (C=O) groups is 1. The SMILES string of the molecule is O=C(O)Cc1cc(OCc2ccc(F)cc2)cc(-c2ccc(C(F)(F)F)cc2)c1. The van der Waals surface area contributed by atoms with E-state index in [1.165, 1.54) is 24.3 Å². The Balaban J connectivity index is 1.88. The third-order valence-electron chi connectivity index (χ3n) is 4.19. The number of hydrogen-bond acceptors (Lipinski definition) is 2. The summed E-state index contributed by atoms with van der Waals surface area (Å²) < 4.78 is 57.0. The van der Waals surface area contributed by atoms with Crippen LogP contribution < -0.4 is 4.74 Å². The van der Waals surface area contributed by atoms with Gasteiger partial charge >= 0.3 is 12.1 Å². The van der Waals surface area contributed by atoms with Crippen LogP contribution in [0, 0.1) is 5.82 Å². The second-order valence-corrected chi connectivity index (χ2v) is 6.43. The molecule has 0 bridgehead atoms. The molecule has 0 aliphatic carbocycles. The number of carboxylic acids is 1. The summed E-state index contributed by atoms with van der Waals surface area (Å²) in [6.07, 6.45) is -4.70. The molecule has 0 spiro atoms. The van der Waals surface area contributed by atoms with Crippen LogP contribution in [0.25, 0.3) is 11.1 Å². The molecule has 3 aromatic carbocycles. The van der Waals surface area contributed by atoms with Crippen molar-refractivity contribution in [3.63, 3.8) is 0 Å². The van der Waals surface area contributed by atoms with Gasteiger partial charge in [0.15, 0.2) is 0 Å². The fourth-order valence-corrected chi connectivity index (χ4v) is 2.79. The van der Waals surface area contributed by atoms with Crippen LogP contribution in [0.3, 0.4) is 0 Å². The van der Waals surface area contributed by atoms with Gasteiger partial charge in [-0.25, -0.2) is 4.39 Å². The molecule has 0 aliphatic rings. The molecule has 3 rings (SSSR count). The predicted octanol–water partition coefficient (Wildman–Crippen LogP) is 5.72. The second kappa shape index (κ2) is 8.34. The summed E-state index contributed by atoms with van der Waals surface area (Å²) in [5.74, 6) is -1.05. The first-order valence-electron chi connectivity index (χ1n) is 8.61. The Kier molecular flexibility index (Phi) is 5.87. The summed E-state index contributed by atoms with van der Waals surface area (Å²) in [6.45, 7) is 0.128. The van der Waals surface area contributed by atoms with Gasteiger partial charge < -0.3 is 9.84 Å². The van der Waals surface area contributed by atoms with Crippen LogP contribution in [0.1, 0.15) is 16.7 Å². The van der Waals surface area contributed by atoms with Crippen molar-refractivity contribution in [1.82, 2.24) is 0 Å². The van der Waals surface area contributed by atoms with Crippen LogP contribution in [-0.4, -0.2) is 11.1 Å². The van der Waals surface area contributed by atoms with E-state index in [0.29, 0.717) is 28.0 Å². The minimum atomic E-state index is -4.44. The highest BCUT2D eigenvalue weighted by Gasteiger charge is 2.30. The second-order valence-electron chi connectivity index (χ2n) is 6.43. The molecule has 0 saturated carbocycles. The predicted molar refractivity (Wildman–Crippen MR) is 99.0 cm³/mol. The van der Waals surface area contributed by atoms with Crippen LogP contribution in [0.2, 0.25) is 0 Å². The number of benzene rings is 3. The molecule has 0 saturated heterocycles. The van der Waals surface area contributed by atoms with Gasteiger partial charge in [0.25, 0.3) is 0 Å². The molecule has 0 radical (unpaired) electrons. The maximum atomic E-state index is 13.0. The largest absolute Gasteiger partial charge is 0.489 e. The number of ether oxygens (including phenoxy) is 1. The van der Waals surface area contributed by atoms with E-state index >= 15 is 0 Å². The molecule has 0 heterocycles. The maximum absolute atomic E-state index is 13.0. The third-order valence-corrected chi connectivity index (χ3v) is 4.19. The van der Waals surface area contributed by atoms with Crippen LogP contribution in [0.4, 0.5) is 17.6 Å². The van der Waals surface area contributed by atoms with E-state index in [1.54, 1.807) is 30.3 Å². The van der Waals surface area contributed by atoms with E-state index in [4.69, 9.17) is 9.84 Å². The minimum absolute atomic E-state index is 0.128. The number of rotatable bonds is 6. The lowest BCUT2D eigenvalue weighted by molar-refractivity contribution is -0.138. The molecule has 150 valence electrons. The van der Waals surface area contributed by atoms with Crippen molar-refractivity contribution >= 4 is 5.97 Å². The van der Waals surface area contributed by atoms with Crippen LogP contribution in [0.5, 0.6) is 5.75 Å². The summed E-state index contributed by atoms with van der Waals surface area (Å²) in [5, 5.41) is 9.08. The fourth-order valence-electron chi connectivity index (χ4n) is 2.79. The Morgan fingerprint density at radius 2 is 1.52 bits per heavy atom. The molecule has 0 aliphatic heterocycles. The first-order valence-corrected chi connectivity index (χ1v) is 8.61. The molecule has 0 fully saturated rings. The van der Waals surface area contributed by atoms with Gasteiger partial charge in [0.05, 0.1) is 12.0 Å². The molecule has 0 aromatic heterocycles. The number of hydrogen-bond donors (Lipinski definition) is 1. The first kappa shape index (κ1) is 20.4. The molecule has 3 nitrogen and oxygen atoms in total. The fraction of sp³-hybridized carbons (Fsp3) is 0.136. The van der Waals surface area contributed by atoms with Crippen LogP contribution in [0.15, 0.2) is 66.7 Å². The van der Waals surface area contributed by atoms with Crippen molar-refractivity contribution in [3.05, 3.63) is 89.2 Å². The van der Waals surface area contributed by atoms with Crippen molar-refractivity contribution in [2.24, 2.45) is 0 Å². The molecule has 1 N–H and O–H groups in total. The highest BCUT2D eigenvalue weighted by molar-refractivity contribution is 5.73. The molecular weight excluding hydrogens is 388 g/mol. The average Bonchev–Trinajstić information content (AvgIpc) is 2.66. The molecular formula is C22H16F4O3. The number of carboxylic acid groups (broad SMARTS) is 1. The summed E-state index contributed by atoms with van der Waals surface area (Å²) >= 11 is 0. The van der Waals surface area contributed by atoms with Gasteiger partial charge in [-0.1, -0.05) is 30.3 Å². The van der Waals surface area contributed by atoms with E-state index in [9.17, 15) is 22.4 Å². The topological polar surface area (TPSA) is 46.5 Å². The standard InChI is InChI=1S/C22H16F4O3/c23-19-7-1-14(2-8-19)13-29-20-10-15(11-21(27)28)9-17(12-20)16-3-5-18(6-4-16)22(24,25)26/h1-10,12H,11,13H2,(H,27,28). The summed E-state index contributed by atoms with van der Waals surface area (Å²) in [6, 6.07) is 15.1. The molecule has 29 heavy (non-hydrogen) atoms.